The molecule has 10 nitrogen and oxygen atoms in total. The number of fused-ring (bicyclic) bond motifs is 1. The van der Waals surface area contributed by atoms with Crippen LogP contribution in [0.15, 0.2) is 36.8 Å². The third-order valence-electron chi connectivity index (χ3n) is 8.38. The summed E-state index contributed by atoms with van der Waals surface area (Å²) >= 11 is 0. The van der Waals surface area contributed by atoms with Gasteiger partial charge < -0.3 is 29.8 Å². The molecule has 208 valence electrons. The molecule has 2 atom stereocenters. The molecule has 6 rings (SSSR count). The lowest BCUT2D eigenvalue weighted by molar-refractivity contribution is -0.133. The molecule has 3 aliphatic rings. The molecule has 0 spiro atoms. The van der Waals surface area contributed by atoms with Crippen molar-refractivity contribution < 1.29 is 19.0 Å². The van der Waals surface area contributed by atoms with Crippen LogP contribution in [0.4, 0.5) is 5.82 Å². The van der Waals surface area contributed by atoms with Crippen molar-refractivity contribution in [3.63, 3.8) is 0 Å². The lowest BCUT2D eigenvalue weighted by atomic mass is 9.79. The maximum atomic E-state index is 12.3. The van der Waals surface area contributed by atoms with Crippen LogP contribution in [0.2, 0.25) is 0 Å². The van der Waals surface area contributed by atoms with Crippen LogP contribution in [0, 0.1) is 5.92 Å². The second kappa shape index (κ2) is 11.5. The minimum Gasteiger partial charge on any atom is -0.491 e. The van der Waals surface area contributed by atoms with E-state index in [2.05, 4.69) is 43.1 Å². The second-order valence-electron chi connectivity index (χ2n) is 10.9. The third kappa shape index (κ3) is 5.46. The Morgan fingerprint density at radius 1 is 1.23 bits per heavy atom. The fourth-order valence-corrected chi connectivity index (χ4v) is 6.16. The highest BCUT2D eigenvalue weighted by Crippen LogP contribution is 2.43. The summed E-state index contributed by atoms with van der Waals surface area (Å²) in [6, 6.07) is 8.25. The molecule has 3 fully saturated rings. The van der Waals surface area contributed by atoms with Gasteiger partial charge in [-0.05, 0) is 55.7 Å². The van der Waals surface area contributed by atoms with Gasteiger partial charge in [-0.15, -0.1) is 0 Å². The lowest BCUT2D eigenvalue weighted by Crippen LogP contribution is -2.55. The molecular formula is C29H38N6O4. The number of benzene rings is 1. The number of aromatic nitrogens is 3. The number of nitrogen functional groups attached to an aromatic ring is 1. The zero-order chi connectivity index (χ0) is 26.8. The van der Waals surface area contributed by atoms with Gasteiger partial charge in [0.2, 0.25) is 5.91 Å². The van der Waals surface area contributed by atoms with Gasteiger partial charge in [0.05, 0.1) is 24.7 Å². The Hall–Kier alpha value is -3.21. The Labute approximate surface area is 228 Å². The zero-order valence-electron chi connectivity index (χ0n) is 22.6. The van der Waals surface area contributed by atoms with Gasteiger partial charge in [0, 0.05) is 44.5 Å². The van der Waals surface area contributed by atoms with Crippen molar-refractivity contribution in [2.24, 2.45) is 5.92 Å². The summed E-state index contributed by atoms with van der Waals surface area (Å²) in [6.07, 6.45) is 9.28. The number of hydrogen-bond donors (Lipinski definition) is 2. The minimum absolute atomic E-state index is 0.0243. The van der Waals surface area contributed by atoms with E-state index in [-0.39, 0.29) is 18.1 Å². The summed E-state index contributed by atoms with van der Waals surface area (Å²) in [6.45, 7) is 4.17. The molecule has 1 aliphatic carbocycles. The summed E-state index contributed by atoms with van der Waals surface area (Å²) in [5.74, 6) is 1.83. The fourth-order valence-electron chi connectivity index (χ4n) is 6.16. The van der Waals surface area contributed by atoms with E-state index in [9.17, 15) is 4.79 Å². The molecule has 0 radical (unpaired) electrons. The molecule has 1 aromatic carbocycles. The van der Waals surface area contributed by atoms with Crippen LogP contribution < -0.4 is 15.8 Å². The second-order valence-corrected chi connectivity index (χ2v) is 10.9. The van der Waals surface area contributed by atoms with Gasteiger partial charge in [-0.25, -0.2) is 9.97 Å². The first kappa shape index (κ1) is 26.0. The van der Waals surface area contributed by atoms with E-state index in [4.69, 9.17) is 19.9 Å². The topological polar surface area (TPSA) is 117 Å². The van der Waals surface area contributed by atoms with Gasteiger partial charge in [-0.1, -0.05) is 12.1 Å². The molecule has 3 aromatic rings. The van der Waals surface area contributed by atoms with Gasteiger partial charge in [0.25, 0.3) is 0 Å². The van der Waals surface area contributed by atoms with Crippen molar-refractivity contribution in [1.29, 1.82) is 0 Å². The molecular weight excluding hydrogens is 496 g/mol. The van der Waals surface area contributed by atoms with Gasteiger partial charge >= 0.3 is 0 Å². The average molecular weight is 535 g/mol. The smallest absolute Gasteiger partial charge is 0.239 e. The molecule has 0 bridgehead atoms. The normalized spacial score (nSPS) is 25.8. The van der Waals surface area contributed by atoms with Crippen LogP contribution in [0.5, 0.6) is 5.75 Å². The highest BCUT2D eigenvalue weighted by atomic mass is 16.5. The standard InChI is InChI=1S/C29H38N6O4/c1-31-29(36)25-17-37-10-8-34(25)14-19-11-21(12-19)35-15-24(26-27(30)32-18-33-28(26)35)20-5-4-7-22(13-20)39-16-23-6-2-3-9-38-23/h4-5,7,13,15,18-19,21,23,25H,2-3,6,8-12,14,16-17H2,1H3,(H,31,36)(H2,30,32,33)/t19?,21?,23?,25-/m0/s1. The predicted molar refractivity (Wildman–Crippen MR) is 148 cm³/mol. The molecule has 10 heteroatoms. The number of ether oxygens (including phenoxy) is 3. The Balaban J connectivity index is 1.18. The van der Waals surface area contributed by atoms with E-state index in [0.29, 0.717) is 37.6 Å². The third-order valence-corrected chi connectivity index (χ3v) is 8.38. The van der Waals surface area contributed by atoms with E-state index in [0.717, 1.165) is 73.3 Å². The SMILES string of the molecule is CNC(=O)[C@@H]1COCCN1CC1CC(n2cc(-c3cccc(OCC4CCCCO4)c3)c3c(N)ncnc32)C1. The van der Waals surface area contributed by atoms with Crippen LogP contribution in [-0.4, -0.2) is 84.1 Å². The summed E-state index contributed by atoms with van der Waals surface area (Å²) in [5, 5.41) is 3.65. The van der Waals surface area contributed by atoms with E-state index < -0.39 is 0 Å². The molecule has 39 heavy (non-hydrogen) atoms. The van der Waals surface area contributed by atoms with Crippen LogP contribution in [0.1, 0.15) is 38.1 Å². The molecule has 2 aromatic heterocycles. The number of carbonyl (C=O) groups excluding carboxylic acids is 1. The van der Waals surface area contributed by atoms with Gasteiger partial charge in [0.15, 0.2) is 0 Å². The van der Waals surface area contributed by atoms with Crippen molar-refractivity contribution in [2.45, 2.75) is 50.3 Å². The summed E-state index contributed by atoms with van der Waals surface area (Å²) in [4.78, 5) is 23.6. The number of anilines is 1. The minimum atomic E-state index is -0.214. The molecule has 1 amide bonds. The number of nitrogens with zero attached hydrogens (tertiary/aromatic N) is 4. The van der Waals surface area contributed by atoms with Crippen molar-refractivity contribution in [3.8, 4) is 16.9 Å². The largest absolute Gasteiger partial charge is 0.491 e. The van der Waals surface area contributed by atoms with Gasteiger partial charge in [0.1, 0.15) is 36.2 Å². The van der Waals surface area contributed by atoms with Crippen molar-refractivity contribution in [3.05, 3.63) is 36.8 Å². The number of carbonyl (C=O) groups is 1. The summed E-state index contributed by atoms with van der Waals surface area (Å²) in [5.41, 5.74) is 9.30. The number of likely N-dealkylation sites (N-methyl/N-ethyl adjacent to an activating group) is 1. The number of nitrogens with one attached hydrogen (secondary N) is 1. The molecule has 4 heterocycles. The van der Waals surface area contributed by atoms with E-state index in [1.807, 2.05) is 12.1 Å². The number of nitrogens with two attached hydrogens (primary N) is 1. The molecule has 2 aliphatic heterocycles. The monoisotopic (exact) mass is 534 g/mol. The molecule has 2 saturated heterocycles. The summed E-state index contributed by atoms with van der Waals surface area (Å²) < 4.78 is 19.8. The maximum absolute atomic E-state index is 12.3. The number of rotatable bonds is 8. The van der Waals surface area contributed by atoms with Crippen LogP contribution in [0.25, 0.3) is 22.2 Å². The molecule has 1 saturated carbocycles. The van der Waals surface area contributed by atoms with E-state index in [1.54, 1.807) is 13.4 Å². The molecule has 1 unspecified atom stereocenters. The Bertz CT molecular complexity index is 1300. The highest BCUT2D eigenvalue weighted by molar-refractivity contribution is 6.00. The van der Waals surface area contributed by atoms with Gasteiger partial charge in [-0.3, -0.25) is 9.69 Å². The number of morpholine rings is 1. The Morgan fingerprint density at radius 2 is 2.13 bits per heavy atom. The fraction of sp³-hybridized carbons (Fsp3) is 0.552. The first-order chi connectivity index (χ1) is 19.1. The van der Waals surface area contributed by atoms with E-state index >= 15 is 0 Å². The first-order valence-corrected chi connectivity index (χ1v) is 14.1. The highest BCUT2D eigenvalue weighted by Gasteiger charge is 2.37. The average Bonchev–Trinajstić information content (AvgIpc) is 3.34. The lowest BCUT2D eigenvalue weighted by Gasteiger charge is -2.42. The quantitative estimate of drug-likeness (QED) is 0.453. The molecule has 3 N–H and O–H groups in total. The maximum Gasteiger partial charge on any atom is 0.239 e. The number of hydrogen-bond acceptors (Lipinski definition) is 8. The Kier molecular flexibility index (Phi) is 7.67. The van der Waals surface area contributed by atoms with Crippen molar-refractivity contribution in [1.82, 2.24) is 24.8 Å². The van der Waals surface area contributed by atoms with Crippen LogP contribution in [0.3, 0.4) is 0 Å². The predicted octanol–water partition coefficient (Wildman–Crippen LogP) is 3.03. The first-order valence-electron chi connectivity index (χ1n) is 14.1. The Morgan fingerprint density at radius 3 is 2.95 bits per heavy atom. The number of amides is 1. The summed E-state index contributed by atoms with van der Waals surface area (Å²) in [7, 11) is 1.68. The van der Waals surface area contributed by atoms with E-state index in [1.165, 1.54) is 6.42 Å². The van der Waals surface area contributed by atoms with Gasteiger partial charge in [-0.2, -0.15) is 0 Å². The van der Waals surface area contributed by atoms with Crippen molar-refractivity contribution >= 4 is 22.8 Å². The zero-order valence-corrected chi connectivity index (χ0v) is 22.6. The van der Waals surface area contributed by atoms with Crippen LogP contribution >= 0.6 is 0 Å². The van der Waals surface area contributed by atoms with Crippen molar-refractivity contribution in [2.75, 3.05) is 52.3 Å². The van der Waals surface area contributed by atoms with Crippen LogP contribution in [-0.2, 0) is 14.3 Å².